The van der Waals surface area contributed by atoms with Crippen LogP contribution in [0.5, 0.6) is 0 Å². The minimum absolute atomic E-state index is 0.643. The highest BCUT2D eigenvalue weighted by Crippen LogP contribution is 2.32. The average molecular weight is 252 g/mol. The van der Waals surface area contributed by atoms with E-state index >= 15 is 0 Å². The Bertz CT molecular complexity index is 380. The molecule has 0 spiro atoms. The van der Waals surface area contributed by atoms with E-state index in [1.807, 2.05) is 12.1 Å². The smallest absolute Gasteiger partial charge is 0.319 e. The highest BCUT2D eigenvalue weighted by molar-refractivity contribution is 8.01. The number of hydrogen-bond acceptors (Lipinski definition) is 2. The standard InChI is InChI=1S/C14H20O2S/c1-10(2)9-11-5-7-12(8-6-11)17-14(3,4)13(15)16/h5-8,10H,9H2,1-4H3,(H,15,16). The predicted octanol–water partition coefficient (Wildman–Crippen LogP) is 3.84. The van der Waals surface area contributed by atoms with E-state index < -0.39 is 10.7 Å². The second kappa shape index (κ2) is 5.58. The summed E-state index contributed by atoms with van der Waals surface area (Å²) in [6.45, 7) is 7.83. The largest absolute Gasteiger partial charge is 0.480 e. The van der Waals surface area contributed by atoms with Crippen LogP contribution in [-0.2, 0) is 11.2 Å². The number of benzene rings is 1. The molecule has 0 aliphatic heterocycles. The van der Waals surface area contributed by atoms with Crippen LogP contribution in [0, 0.1) is 5.92 Å². The quantitative estimate of drug-likeness (QED) is 0.809. The van der Waals surface area contributed by atoms with Crippen LogP contribution < -0.4 is 0 Å². The van der Waals surface area contributed by atoms with Gasteiger partial charge in [-0.1, -0.05) is 26.0 Å². The van der Waals surface area contributed by atoms with Crippen molar-refractivity contribution in [3.63, 3.8) is 0 Å². The summed E-state index contributed by atoms with van der Waals surface area (Å²) in [5, 5.41) is 9.06. The molecule has 0 saturated heterocycles. The molecule has 0 unspecified atom stereocenters. The first kappa shape index (κ1) is 14.1. The summed E-state index contributed by atoms with van der Waals surface area (Å²) in [5.41, 5.74) is 1.30. The van der Waals surface area contributed by atoms with E-state index in [2.05, 4.69) is 26.0 Å². The van der Waals surface area contributed by atoms with Gasteiger partial charge in [-0.3, -0.25) is 4.79 Å². The topological polar surface area (TPSA) is 37.3 Å². The van der Waals surface area contributed by atoms with Gasteiger partial charge in [0.05, 0.1) is 0 Å². The van der Waals surface area contributed by atoms with Crippen molar-refractivity contribution in [2.45, 2.75) is 43.8 Å². The first-order chi connectivity index (χ1) is 7.81. The van der Waals surface area contributed by atoms with Crippen LogP contribution in [0.25, 0.3) is 0 Å². The van der Waals surface area contributed by atoms with Crippen molar-refractivity contribution < 1.29 is 9.90 Å². The summed E-state index contributed by atoms with van der Waals surface area (Å²) in [4.78, 5) is 12.0. The van der Waals surface area contributed by atoms with Gasteiger partial charge in [-0.05, 0) is 43.9 Å². The van der Waals surface area contributed by atoms with Crippen molar-refractivity contribution in [2.24, 2.45) is 5.92 Å². The molecule has 1 aromatic carbocycles. The van der Waals surface area contributed by atoms with E-state index in [0.29, 0.717) is 5.92 Å². The Kier molecular flexibility index (Phi) is 4.63. The molecular formula is C14H20O2S. The number of carboxylic acid groups (broad SMARTS) is 1. The van der Waals surface area contributed by atoms with Gasteiger partial charge >= 0.3 is 5.97 Å². The van der Waals surface area contributed by atoms with E-state index in [-0.39, 0.29) is 0 Å². The lowest BCUT2D eigenvalue weighted by atomic mass is 10.0. The van der Waals surface area contributed by atoms with Gasteiger partial charge in [-0.15, -0.1) is 11.8 Å². The second-order valence-electron chi connectivity index (χ2n) is 5.16. The van der Waals surface area contributed by atoms with E-state index in [9.17, 15) is 4.79 Å². The number of hydrogen-bond donors (Lipinski definition) is 1. The van der Waals surface area contributed by atoms with E-state index in [4.69, 9.17) is 5.11 Å². The third-order valence-electron chi connectivity index (χ3n) is 2.46. The minimum Gasteiger partial charge on any atom is -0.480 e. The average Bonchev–Trinajstić information content (AvgIpc) is 2.19. The zero-order valence-corrected chi connectivity index (χ0v) is 11.7. The summed E-state index contributed by atoms with van der Waals surface area (Å²) >= 11 is 1.38. The third kappa shape index (κ3) is 4.43. The van der Waals surface area contributed by atoms with Crippen molar-refractivity contribution >= 4 is 17.7 Å². The van der Waals surface area contributed by atoms with Crippen molar-refractivity contribution in [1.29, 1.82) is 0 Å². The number of rotatable bonds is 5. The Labute approximate surface area is 107 Å². The molecule has 3 heteroatoms. The zero-order chi connectivity index (χ0) is 13.1. The lowest BCUT2D eigenvalue weighted by Crippen LogP contribution is -2.26. The fraction of sp³-hybridized carbons (Fsp3) is 0.500. The van der Waals surface area contributed by atoms with Crippen LogP contribution in [0.3, 0.4) is 0 Å². The minimum atomic E-state index is -0.784. The van der Waals surface area contributed by atoms with Crippen LogP contribution in [0.4, 0.5) is 0 Å². The molecule has 0 radical (unpaired) electrons. The van der Waals surface area contributed by atoms with Gasteiger partial charge in [-0.2, -0.15) is 0 Å². The fourth-order valence-electron chi connectivity index (χ4n) is 1.50. The van der Waals surface area contributed by atoms with E-state index in [1.165, 1.54) is 17.3 Å². The van der Waals surface area contributed by atoms with Crippen LogP contribution in [-0.4, -0.2) is 15.8 Å². The van der Waals surface area contributed by atoms with E-state index in [0.717, 1.165) is 11.3 Å². The maximum atomic E-state index is 11.0. The Balaban J connectivity index is 2.72. The molecule has 17 heavy (non-hydrogen) atoms. The molecule has 0 aliphatic carbocycles. The van der Waals surface area contributed by atoms with Gasteiger partial charge < -0.3 is 5.11 Å². The summed E-state index contributed by atoms with van der Waals surface area (Å²) in [7, 11) is 0. The lowest BCUT2D eigenvalue weighted by molar-refractivity contribution is -0.138. The monoisotopic (exact) mass is 252 g/mol. The first-order valence-corrected chi connectivity index (χ1v) is 6.64. The number of aliphatic carboxylic acids is 1. The summed E-state index contributed by atoms with van der Waals surface area (Å²) in [5.74, 6) is -0.141. The molecule has 0 saturated carbocycles. The van der Waals surface area contributed by atoms with Gasteiger partial charge in [0.2, 0.25) is 0 Å². The molecule has 1 N–H and O–H groups in total. The Hall–Kier alpha value is -0.960. The molecule has 0 amide bonds. The SMILES string of the molecule is CC(C)Cc1ccc(SC(C)(C)C(=O)O)cc1. The molecule has 0 fully saturated rings. The first-order valence-electron chi connectivity index (χ1n) is 5.82. The highest BCUT2D eigenvalue weighted by atomic mass is 32.2. The normalized spacial score (nSPS) is 11.8. The van der Waals surface area contributed by atoms with Gasteiger partial charge in [0, 0.05) is 4.90 Å². The number of carbonyl (C=O) groups is 1. The predicted molar refractivity (Wildman–Crippen MR) is 72.6 cm³/mol. The number of carboxylic acids is 1. The van der Waals surface area contributed by atoms with Crippen molar-refractivity contribution in [3.05, 3.63) is 29.8 Å². The van der Waals surface area contributed by atoms with Gasteiger partial charge in [-0.25, -0.2) is 0 Å². The Morgan fingerprint density at radius 2 is 1.82 bits per heavy atom. The Morgan fingerprint density at radius 3 is 2.24 bits per heavy atom. The van der Waals surface area contributed by atoms with Crippen LogP contribution in [0.2, 0.25) is 0 Å². The van der Waals surface area contributed by atoms with Crippen LogP contribution in [0.1, 0.15) is 33.3 Å². The maximum absolute atomic E-state index is 11.0. The summed E-state index contributed by atoms with van der Waals surface area (Å²) < 4.78 is -0.778. The van der Waals surface area contributed by atoms with Gasteiger partial charge in [0.1, 0.15) is 4.75 Å². The van der Waals surface area contributed by atoms with Crippen molar-refractivity contribution in [2.75, 3.05) is 0 Å². The second-order valence-corrected chi connectivity index (χ2v) is 6.86. The molecule has 0 bridgehead atoms. The zero-order valence-electron chi connectivity index (χ0n) is 10.9. The molecule has 2 nitrogen and oxygen atoms in total. The van der Waals surface area contributed by atoms with Gasteiger partial charge in [0.15, 0.2) is 0 Å². The van der Waals surface area contributed by atoms with Gasteiger partial charge in [0.25, 0.3) is 0 Å². The van der Waals surface area contributed by atoms with Crippen LogP contribution in [0.15, 0.2) is 29.2 Å². The molecule has 0 aromatic heterocycles. The highest BCUT2D eigenvalue weighted by Gasteiger charge is 2.28. The molecular weight excluding hydrogens is 232 g/mol. The molecule has 1 aromatic rings. The van der Waals surface area contributed by atoms with Crippen LogP contribution >= 0.6 is 11.8 Å². The lowest BCUT2D eigenvalue weighted by Gasteiger charge is -2.18. The molecule has 94 valence electrons. The summed E-state index contributed by atoms with van der Waals surface area (Å²) in [6, 6.07) is 8.18. The molecule has 1 rings (SSSR count). The van der Waals surface area contributed by atoms with Crippen molar-refractivity contribution in [1.82, 2.24) is 0 Å². The van der Waals surface area contributed by atoms with Crippen molar-refractivity contribution in [3.8, 4) is 0 Å². The third-order valence-corrected chi connectivity index (χ3v) is 3.65. The molecule has 0 aliphatic rings. The van der Waals surface area contributed by atoms with E-state index in [1.54, 1.807) is 13.8 Å². The summed E-state index contributed by atoms with van der Waals surface area (Å²) in [6.07, 6.45) is 1.06. The Morgan fingerprint density at radius 1 is 1.29 bits per heavy atom. The maximum Gasteiger partial charge on any atom is 0.319 e. The molecule has 0 atom stereocenters. The fourth-order valence-corrected chi connectivity index (χ4v) is 2.45. The number of thioether (sulfide) groups is 1. The molecule has 0 heterocycles.